The van der Waals surface area contributed by atoms with E-state index in [0.29, 0.717) is 0 Å². The number of carboxylic acid groups (broad SMARTS) is 1. The Morgan fingerprint density at radius 3 is 2.36 bits per heavy atom. The number of thioether (sulfide) groups is 1. The molecule has 7 nitrogen and oxygen atoms in total. The van der Waals surface area contributed by atoms with Gasteiger partial charge in [0.15, 0.2) is 0 Å². The van der Waals surface area contributed by atoms with Crippen molar-refractivity contribution in [2.45, 2.75) is 18.3 Å². The molecule has 2 atom stereocenters. The maximum Gasteiger partial charge on any atom is 0.336 e. The fourth-order valence-electron chi connectivity index (χ4n) is 2.04. The molecule has 0 aromatic heterocycles. The molecule has 9 heteroatoms. The number of carbonyl (C=O) groups is 2. The minimum absolute atomic E-state index is 0.129. The van der Waals surface area contributed by atoms with Crippen molar-refractivity contribution >= 4 is 33.8 Å². The molecule has 0 radical (unpaired) electrons. The summed E-state index contributed by atoms with van der Waals surface area (Å²) in [6, 6.07) is 4.32. The average Bonchev–Trinajstić information content (AvgIpc) is 2.41. The summed E-state index contributed by atoms with van der Waals surface area (Å²) in [7, 11) is -3.71. The highest BCUT2D eigenvalue weighted by Gasteiger charge is 2.28. The average molecular weight is 347 g/mol. The van der Waals surface area contributed by atoms with Crippen LogP contribution in [0, 0.1) is 0 Å². The Morgan fingerprint density at radius 2 is 1.95 bits per heavy atom. The fourth-order valence-corrected chi connectivity index (χ4v) is 3.85. The van der Waals surface area contributed by atoms with Gasteiger partial charge in [-0.2, -0.15) is 8.42 Å². The van der Waals surface area contributed by atoms with Crippen LogP contribution in [0.4, 0.5) is 0 Å². The van der Waals surface area contributed by atoms with Crippen molar-refractivity contribution in [2.75, 3.05) is 12.5 Å². The molecule has 0 saturated carbocycles. The minimum Gasteiger partial charge on any atom is -0.478 e. The van der Waals surface area contributed by atoms with E-state index in [1.54, 1.807) is 13.2 Å². The van der Waals surface area contributed by atoms with Gasteiger partial charge >= 0.3 is 5.97 Å². The Hall–Kier alpha value is -1.58. The maximum absolute atomic E-state index is 11.5. The molecule has 0 fully saturated rings. The highest BCUT2D eigenvalue weighted by molar-refractivity contribution is 7.99. The number of rotatable bonds is 7. The van der Waals surface area contributed by atoms with Crippen molar-refractivity contribution in [3.8, 4) is 0 Å². The number of nitrogens with two attached hydrogens (primary N) is 1. The van der Waals surface area contributed by atoms with E-state index in [1.165, 1.54) is 18.2 Å². The molecule has 1 amide bonds. The van der Waals surface area contributed by atoms with Crippen molar-refractivity contribution in [2.24, 2.45) is 5.73 Å². The van der Waals surface area contributed by atoms with E-state index in [2.05, 4.69) is 0 Å². The van der Waals surface area contributed by atoms with Crippen molar-refractivity contribution in [3.05, 3.63) is 34.9 Å². The van der Waals surface area contributed by atoms with Crippen LogP contribution in [-0.4, -0.2) is 43.3 Å². The van der Waals surface area contributed by atoms with Crippen molar-refractivity contribution < 1.29 is 27.3 Å². The summed E-state index contributed by atoms with van der Waals surface area (Å²) in [6.07, 6.45) is 2.56. The molecular formula is C13H17NO6S2. The number of carbonyl (C=O) groups excluding carboxylic acids is 1. The van der Waals surface area contributed by atoms with Crippen LogP contribution in [-0.2, 0) is 14.3 Å². The Bertz CT molecular complexity index is 686. The number of amides is 1. The van der Waals surface area contributed by atoms with Gasteiger partial charge in [0, 0.05) is 5.92 Å². The van der Waals surface area contributed by atoms with E-state index >= 15 is 0 Å². The number of hydrogen-bond acceptors (Lipinski definition) is 6. The standard InChI is InChI=1S/C13H17NO6S2/c1-7(13(21-2)20-22(3,18)19)8-5-4-6-9(11(14)15)10(8)12(16)17/h4-7,13H,1-3H3,(H2,14,15)(H,16,17). The second-order valence-electron chi connectivity index (χ2n) is 4.63. The molecule has 0 saturated heterocycles. The van der Waals surface area contributed by atoms with Crippen molar-refractivity contribution in [1.82, 2.24) is 0 Å². The number of carboxylic acids is 1. The van der Waals surface area contributed by atoms with Gasteiger partial charge in [0.1, 0.15) is 5.44 Å². The lowest BCUT2D eigenvalue weighted by Crippen LogP contribution is -2.24. The van der Waals surface area contributed by atoms with Gasteiger partial charge in [0.2, 0.25) is 5.91 Å². The number of benzene rings is 1. The van der Waals surface area contributed by atoms with E-state index in [1.807, 2.05) is 0 Å². The quantitative estimate of drug-likeness (QED) is 0.562. The largest absolute Gasteiger partial charge is 0.478 e. The van der Waals surface area contributed by atoms with Gasteiger partial charge in [0.05, 0.1) is 17.4 Å². The highest BCUT2D eigenvalue weighted by Crippen LogP contribution is 2.32. The Morgan fingerprint density at radius 1 is 1.36 bits per heavy atom. The number of aromatic carboxylic acids is 1. The summed E-state index contributed by atoms with van der Waals surface area (Å²) in [5.41, 5.74) is 4.29. The molecule has 22 heavy (non-hydrogen) atoms. The maximum atomic E-state index is 11.5. The Kier molecular flexibility index (Phi) is 5.98. The summed E-state index contributed by atoms with van der Waals surface area (Å²) in [5, 5.41) is 9.36. The highest BCUT2D eigenvalue weighted by atomic mass is 32.2. The molecular weight excluding hydrogens is 330 g/mol. The van der Waals surface area contributed by atoms with E-state index in [4.69, 9.17) is 9.92 Å². The lowest BCUT2D eigenvalue weighted by atomic mass is 9.92. The number of hydrogen-bond donors (Lipinski definition) is 2. The lowest BCUT2D eigenvalue weighted by molar-refractivity contribution is 0.0690. The molecule has 0 bridgehead atoms. The summed E-state index contributed by atoms with van der Waals surface area (Å²) in [6.45, 7) is 1.62. The topological polar surface area (TPSA) is 124 Å². The first-order valence-electron chi connectivity index (χ1n) is 6.15. The zero-order valence-electron chi connectivity index (χ0n) is 12.3. The molecule has 0 aliphatic carbocycles. The zero-order chi connectivity index (χ0) is 17.1. The van der Waals surface area contributed by atoms with Crippen LogP contribution >= 0.6 is 11.8 Å². The van der Waals surface area contributed by atoms with Gasteiger partial charge in [-0.25, -0.2) is 4.79 Å². The van der Waals surface area contributed by atoms with Crippen LogP contribution in [0.25, 0.3) is 0 Å². The van der Waals surface area contributed by atoms with Crippen molar-refractivity contribution in [3.63, 3.8) is 0 Å². The van der Waals surface area contributed by atoms with Crippen LogP contribution in [0.2, 0.25) is 0 Å². The predicted octanol–water partition coefficient (Wildman–Crippen LogP) is 1.25. The van der Waals surface area contributed by atoms with E-state index in [0.717, 1.165) is 18.0 Å². The van der Waals surface area contributed by atoms with Gasteiger partial charge in [-0.15, -0.1) is 11.8 Å². The first-order valence-corrected chi connectivity index (χ1v) is 9.26. The fraction of sp³-hybridized carbons (Fsp3) is 0.385. The third kappa shape index (κ3) is 4.46. The third-order valence-corrected chi connectivity index (χ3v) is 4.62. The molecule has 2 unspecified atom stereocenters. The van der Waals surface area contributed by atoms with Gasteiger partial charge in [-0.1, -0.05) is 19.1 Å². The molecule has 3 N–H and O–H groups in total. The van der Waals surface area contributed by atoms with Gasteiger partial charge in [-0.3, -0.25) is 8.98 Å². The number of primary amides is 1. The summed E-state index contributed by atoms with van der Waals surface area (Å²) in [5.74, 6) is -2.76. The van der Waals surface area contributed by atoms with Crippen LogP contribution in [0.5, 0.6) is 0 Å². The molecule has 0 aliphatic rings. The van der Waals surface area contributed by atoms with Crippen LogP contribution in [0.1, 0.15) is 39.1 Å². The second kappa shape index (κ2) is 7.12. The molecule has 1 aromatic carbocycles. The first-order chi connectivity index (χ1) is 10.1. The summed E-state index contributed by atoms with van der Waals surface area (Å²) >= 11 is 1.12. The summed E-state index contributed by atoms with van der Waals surface area (Å²) in [4.78, 5) is 22.9. The molecule has 0 aliphatic heterocycles. The Labute approximate surface area is 133 Å². The molecule has 1 rings (SSSR count). The van der Waals surface area contributed by atoms with Gasteiger partial charge in [-0.05, 0) is 17.9 Å². The Balaban J connectivity index is 3.38. The SMILES string of the molecule is CSC(OS(C)(=O)=O)C(C)c1cccc(C(N)=O)c1C(=O)O. The predicted molar refractivity (Wildman–Crippen MR) is 83.6 cm³/mol. The molecule has 122 valence electrons. The lowest BCUT2D eigenvalue weighted by Gasteiger charge is -2.23. The molecule has 0 spiro atoms. The van der Waals surface area contributed by atoms with E-state index in [9.17, 15) is 23.1 Å². The van der Waals surface area contributed by atoms with Crippen LogP contribution < -0.4 is 5.73 Å². The smallest absolute Gasteiger partial charge is 0.336 e. The minimum atomic E-state index is -3.71. The monoisotopic (exact) mass is 347 g/mol. The van der Waals surface area contributed by atoms with Crippen LogP contribution in [0.15, 0.2) is 18.2 Å². The summed E-state index contributed by atoms with van der Waals surface area (Å²) < 4.78 is 27.6. The third-order valence-electron chi connectivity index (χ3n) is 2.98. The van der Waals surface area contributed by atoms with Crippen molar-refractivity contribution in [1.29, 1.82) is 0 Å². The van der Waals surface area contributed by atoms with Crippen LogP contribution in [0.3, 0.4) is 0 Å². The van der Waals surface area contributed by atoms with Gasteiger partial charge < -0.3 is 10.8 Å². The first kappa shape index (κ1) is 18.5. The zero-order valence-corrected chi connectivity index (χ0v) is 13.9. The second-order valence-corrected chi connectivity index (χ2v) is 7.17. The normalized spacial score (nSPS) is 14.3. The van der Waals surface area contributed by atoms with E-state index in [-0.39, 0.29) is 16.7 Å². The van der Waals surface area contributed by atoms with E-state index < -0.39 is 33.3 Å². The molecule has 1 aromatic rings. The molecule has 0 heterocycles. The van der Waals surface area contributed by atoms with Gasteiger partial charge in [0.25, 0.3) is 10.1 Å².